The molecule has 0 saturated heterocycles. The lowest BCUT2D eigenvalue weighted by molar-refractivity contribution is 0.0450. The molecular formula is C3H8O3. The molecule has 0 spiro atoms. The lowest BCUT2D eigenvalue weighted by Gasteiger charge is -1.96. The maximum Gasteiger partial charge on any atom is 0.100 e. The van der Waals surface area contributed by atoms with E-state index in [0.717, 1.165) is 0 Å². The molecule has 0 aliphatic carbocycles. The summed E-state index contributed by atoms with van der Waals surface area (Å²) in [6.45, 7) is -4.91. The van der Waals surface area contributed by atoms with E-state index >= 15 is 0 Å². The topological polar surface area (TPSA) is 60.7 Å². The highest BCUT2D eigenvalue weighted by Crippen LogP contribution is 1.71. The van der Waals surface area contributed by atoms with E-state index in [9.17, 15) is 0 Å². The zero-order chi connectivity index (χ0) is 7.65. The number of aliphatic hydroxyl groups is 3. The van der Waals surface area contributed by atoms with Crippen LogP contribution in [-0.4, -0.2) is 34.6 Å². The molecule has 3 nitrogen and oxygen atoms in total. The van der Waals surface area contributed by atoms with E-state index in [4.69, 9.17) is 19.4 Å². The first-order valence-electron chi connectivity index (χ1n) is 2.94. The Morgan fingerprint density at radius 1 is 1.67 bits per heavy atom. The van der Waals surface area contributed by atoms with E-state index < -0.39 is 19.2 Å². The van der Waals surface area contributed by atoms with Gasteiger partial charge in [0.1, 0.15) is 6.10 Å². The molecule has 0 aliphatic rings. The zero-order valence-corrected chi connectivity index (χ0v) is 3.00. The molecule has 3 N–H and O–H groups in total. The minimum Gasteiger partial charge on any atom is -0.394 e. The van der Waals surface area contributed by atoms with Gasteiger partial charge in [0, 0.05) is 0 Å². The number of hydrogen-bond donors (Lipinski definition) is 3. The van der Waals surface area contributed by atoms with Crippen molar-refractivity contribution in [1.82, 2.24) is 0 Å². The summed E-state index contributed by atoms with van der Waals surface area (Å²) in [5.41, 5.74) is 0. The van der Waals surface area contributed by atoms with Crippen LogP contribution < -0.4 is 0 Å². The number of hydrogen-bond acceptors (Lipinski definition) is 3. The first-order valence-corrected chi connectivity index (χ1v) is 1.36. The zero-order valence-electron chi connectivity index (χ0n) is 6.00. The van der Waals surface area contributed by atoms with E-state index in [0.29, 0.717) is 0 Å². The molecule has 0 rings (SSSR count). The fraction of sp³-hybridized carbons (Fsp3) is 1.00. The summed E-state index contributed by atoms with van der Waals surface area (Å²) in [4.78, 5) is 0. The van der Waals surface area contributed by atoms with Crippen LogP contribution in [0.1, 0.15) is 4.11 Å². The fourth-order valence-corrected chi connectivity index (χ4v) is 0.0333. The first-order chi connectivity index (χ1) is 3.85. The number of rotatable bonds is 2. The molecule has 0 saturated carbocycles. The Kier molecular flexibility index (Phi) is 1.16. The van der Waals surface area contributed by atoms with E-state index in [2.05, 4.69) is 0 Å². The van der Waals surface area contributed by atoms with Gasteiger partial charge in [-0.05, 0) is 0 Å². The Labute approximate surface area is 40.1 Å². The maximum atomic E-state index is 8.40. The predicted molar refractivity (Wildman–Crippen MR) is 20.2 cm³/mol. The van der Waals surface area contributed by atoms with Gasteiger partial charge in [-0.1, -0.05) is 0 Å². The summed E-state index contributed by atoms with van der Waals surface area (Å²) in [6, 6.07) is 0. The van der Waals surface area contributed by atoms with Crippen LogP contribution in [-0.2, 0) is 0 Å². The third-order valence-electron chi connectivity index (χ3n) is 0.273. The summed E-state index contributed by atoms with van der Waals surface area (Å²) in [6.07, 6.45) is -2.07. The summed E-state index contributed by atoms with van der Waals surface area (Å²) in [7, 11) is 0. The normalized spacial score (nSPS) is 29.5. The van der Waals surface area contributed by atoms with Crippen molar-refractivity contribution >= 4 is 0 Å². The van der Waals surface area contributed by atoms with Gasteiger partial charge >= 0.3 is 0 Å². The van der Waals surface area contributed by atoms with E-state index in [1.165, 1.54) is 0 Å². The summed E-state index contributed by atoms with van der Waals surface area (Å²) >= 11 is 0. The molecule has 0 aromatic carbocycles. The Bertz CT molecular complexity index is 88.8. The van der Waals surface area contributed by atoms with E-state index in [1.807, 2.05) is 0 Å². The summed E-state index contributed by atoms with van der Waals surface area (Å²) in [5, 5.41) is 24.8. The molecule has 0 heterocycles. The molecule has 0 bridgehead atoms. The van der Waals surface area contributed by atoms with Crippen LogP contribution in [0.3, 0.4) is 0 Å². The average molecular weight is 96.1 g/mol. The third-order valence-corrected chi connectivity index (χ3v) is 0.273. The largest absolute Gasteiger partial charge is 0.394 e. The van der Waals surface area contributed by atoms with Crippen LogP contribution in [0.2, 0.25) is 0 Å². The molecule has 0 fully saturated rings. The van der Waals surface area contributed by atoms with Crippen LogP contribution >= 0.6 is 0 Å². The Morgan fingerprint density at radius 2 is 2.17 bits per heavy atom. The van der Waals surface area contributed by atoms with Gasteiger partial charge in [-0.15, -0.1) is 0 Å². The van der Waals surface area contributed by atoms with Crippen LogP contribution in [0, 0.1) is 0 Å². The molecule has 0 radical (unpaired) electrons. The second-order valence-corrected chi connectivity index (χ2v) is 0.723. The van der Waals surface area contributed by atoms with Crippen molar-refractivity contribution in [1.29, 1.82) is 0 Å². The van der Waals surface area contributed by atoms with Crippen LogP contribution in [0.4, 0.5) is 0 Å². The highest BCUT2D eigenvalue weighted by Gasteiger charge is 1.93. The van der Waals surface area contributed by atoms with Crippen LogP contribution in [0.25, 0.3) is 0 Å². The van der Waals surface area contributed by atoms with Crippen molar-refractivity contribution in [3.8, 4) is 0 Å². The highest BCUT2D eigenvalue weighted by molar-refractivity contribution is 4.43. The van der Waals surface area contributed by atoms with Gasteiger partial charge in [0.05, 0.1) is 17.3 Å². The molecule has 0 aromatic heterocycles. The van der Waals surface area contributed by atoms with E-state index in [1.54, 1.807) is 0 Å². The van der Waals surface area contributed by atoms with Crippen molar-refractivity contribution in [2.24, 2.45) is 0 Å². The Morgan fingerprint density at radius 3 is 2.17 bits per heavy atom. The molecule has 0 amide bonds. The van der Waals surface area contributed by atoms with Gasteiger partial charge in [0.25, 0.3) is 0 Å². The smallest absolute Gasteiger partial charge is 0.100 e. The van der Waals surface area contributed by atoms with Crippen molar-refractivity contribution in [3.63, 3.8) is 0 Å². The Hall–Kier alpha value is -0.120. The molecule has 6 heavy (non-hydrogen) atoms. The molecule has 38 valence electrons. The predicted octanol–water partition coefficient (Wildman–Crippen LogP) is -1.67. The van der Waals surface area contributed by atoms with Crippen molar-refractivity contribution in [3.05, 3.63) is 0 Å². The lowest BCUT2D eigenvalue weighted by Crippen LogP contribution is -2.15. The Balaban J connectivity index is 3.88. The summed E-state index contributed by atoms with van der Waals surface area (Å²) in [5.74, 6) is 0. The first kappa shape index (κ1) is 2.26. The van der Waals surface area contributed by atoms with Gasteiger partial charge in [-0.25, -0.2) is 0 Å². The van der Waals surface area contributed by atoms with Crippen molar-refractivity contribution in [2.75, 3.05) is 13.1 Å². The molecule has 0 aromatic rings. The third kappa shape index (κ3) is 2.14. The molecular weight excluding hydrogens is 85.0 g/mol. The highest BCUT2D eigenvalue weighted by atomic mass is 16.4. The fourth-order valence-electron chi connectivity index (χ4n) is 0.0333. The van der Waals surface area contributed by atoms with Crippen LogP contribution in [0.15, 0.2) is 0 Å². The summed E-state index contributed by atoms with van der Waals surface area (Å²) < 4.78 is 19.1. The van der Waals surface area contributed by atoms with Gasteiger partial charge < -0.3 is 15.3 Å². The van der Waals surface area contributed by atoms with E-state index in [-0.39, 0.29) is 0 Å². The van der Waals surface area contributed by atoms with Gasteiger partial charge in [0.2, 0.25) is 0 Å². The molecule has 2 atom stereocenters. The quantitative estimate of drug-likeness (QED) is 0.360. The van der Waals surface area contributed by atoms with Gasteiger partial charge in [-0.3, -0.25) is 0 Å². The second kappa shape index (κ2) is 3.08. The monoisotopic (exact) mass is 96.1 g/mol. The molecule has 0 aliphatic heterocycles. The minimum absolute atomic E-state index is 2.01. The second-order valence-electron chi connectivity index (χ2n) is 0.723. The SMILES string of the molecule is [2H][13C@@H](O)[C@H](O)C([2H])([2H])O. The number of aliphatic hydroxyl groups excluding tert-OH is 2. The average Bonchev–Trinajstić information content (AvgIpc) is 1.62. The van der Waals surface area contributed by atoms with Gasteiger partial charge in [-0.2, -0.15) is 0 Å². The van der Waals surface area contributed by atoms with Crippen molar-refractivity contribution in [2.45, 2.75) is 6.10 Å². The minimum atomic E-state index is -2.90. The maximum absolute atomic E-state index is 8.40. The van der Waals surface area contributed by atoms with Crippen molar-refractivity contribution < 1.29 is 19.4 Å². The standard InChI is InChI=1S/C3H8O3/c4-1-3(6)2-5/h3-6H,1-2H2/i1D2,2+1D/t2-,3-/m1/s1. The van der Waals surface area contributed by atoms with Crippen LogP contribution in [0.5, 0.6) is 0 Å². The molecule has 3 heteroatoms. The molecule has 0 unspecified atom stereocenters. The van der Waals surface area contributed by atoms with Gasteiger partial charge in [0.15, 0.2) is 0 Å². The lowest BCUT2D eigenvalue weighted by atomic mass is 10.6.